The van der Waals surface area contributed by atoms with Crippen molar-refractivity contribution in [1.82, 2.24) is 19.6 Å². The molecule has 0 fully saturated rings. The quantitative estimate of drug-likeness (QED) is 0.639. The largest absolute Gasteiger partial charge is 0.307 e. The molecule has 3 rings (SSSR count). The first-order valence-electron chi connectivity index (χ1n) is 8.17. The summed E-state index contributed by atoms with van der Waals surface area (Å²) in [4.78, 5) is 12.7. The van der Waals surface area contributed by atoms with Gasteiger partial charge in [0.15, 0.2) is 5.82 Å². The third-order valence-corrected chi connectivity index (χ3v) is 5.15. The summed E-state index contributed by atoms with van der Waals surface area (Å²) in [6.45, 7) is 5.94. The van der Waals surface area contributed by atoms with Crippen LogP contribution in [0.5, 0.6) is 0 Å². The van der Waals surface area contributed by atoms with Crippen molar-refractivity contribution in [3.8, 4) is 0 Å². The zero-order chi connectivity index (χ0) is 19.8. The summed E-state index contributed by atoms with van der Waals surface area (Å²) in [6.07, 6.45) is 3.10. The van der Waals surface area contributed by atoms with Gasteiger partial charge in [-0.25, -0.2) is 0 Å². The van der Waals surface area contributed by atoms with Gasteiger partial charge in [-0.05, 0) is 38.5 Å². The minimum absolute atomic E-state index is 0.249. The molecule has 1 N–H and O–H groups in total. The molecule has 1 aromatic carbocycles. The van der Waals surface area contributed by atoms with Crippen LogP contribution in [0.15, 0.2) is 36.7 Å². The number of carbonyl (C=O) groups is 1. The fraction of sp³-hybridized carbons (Fsp3) is 0.278. The topological polar surface area (TPSA) is 64.7 Å². The second kappa shape index (κ2) is 7.54. The molecule has 2 heterocycles. The second-order valence-electron chi connectivity index (χ2n) is 6.69. The average Bonchev–Trinajstić information content (AvgIpc) is 3.17. The molecule has 2 aromatic heterocycles. The van der Waals surface area contributed by atoms with Crippen LogP contribution in [0, 0.1) is 6.92 Å². The molecule has 6 nitrogen and oxygen atoms in total. The van der Waals surface area contributed by atoms with Gasteiger partial charge in [0.25, 0.3) is 5.91 Å². The van der Waals surface area contributed by atoms with E-state index in [0.29, 0.717) is 27.4 Å². The Balaban J connectivity index is 1.76. The molecule has 27 heavy (non-hydrogen) atoms. The minimum atomic E-state index is -0.922. The lowest BCUT2D eigenvalue weighted by Crippen LogP contribution is -2.40. The van der Waals surface area contributed by atoms with E-state index < -0.39 is 5.54 Å². The van der Waals surface area contributed by atoms with Gasteiger partial charge in [0.2, 0.25) is 0 Å². The van der Waals surface area contributed by atoms with Crippen molar-refractivity contribution in [3.63, 3.8) is 0 Å². The Morgan fingerprint density at radius 3 is 2.56 bits per heavy atom. The van der Waals surface area contributed by atoms with Crippen molar-refractivity contribution >= 4 is 46.5 Å². The molecule has 0 aliphatic carbocycles. The number of rotatable bonds is 5. The van der Waals surface area contributed by atoms with Crippen LogP contribution in [-0.4, -0.2) is 25.5 Å². The summed E-state index contributed by atoms with van der Waals surface area (Å²) in [5.41, 5.74) is 0.936. The van der Waals surface area contributed by atoms with E-state index in [-0.39, 0.29) is 5.91 Å². The van der Waals surface area contributed by atoms with Crippen molar-refractivity contribution in [2.24, 2.45) is 0 Å². The highest BCUT2D eigenvalue weighted by atomic mass is 35.5. The SMILES string of the molecule is Cc1cc(NC(=O)C(C)(C)n2cc(Cl)cn2)nn1Cc1ccc(Cl)c(Cl)c1. The predicted octanol–water partition coefficient (Wildman–Crippen LogP) is 4.77. The van der Waals surface area contributed by atoms with Gasteiger partial charge in [-0.1, -0.05) is 40.9 Å². The summed E-state index contributed by atoms with van der Waals surface area (Å²) >= 11 is 17.9. The number of benzene rings is 1. The Morgan fingerprint density at radius 2 is 1.93 bits per heavy atom. The highest BCUT2D eigenvalue weighted by molar-refractivity contribution is 6.42. The Labute approximate surface area is 172 Å². The number of aryl methyl sites for hydroxylation is 1. The van der Waals surface area contributed by atoms with Crippen molar-refractivity contribution < 1.29 is 4.79 Å². The highest BCUT2D eigenvalue weighted by Gasteiger charge is 2.31. The third-order valence-electron chi connectivity index (χ3n) is 4.22. The molecule has 0 saturated heterocycles. The Bertz CT molecular complexity index is 993. The lowest BCUT2D eigenvalue weighted by atomic mass is 10.1. The summed E-state index contributed by atoms with van der Waals surface area (Å²) in [5, 5.41) is 12.9. The molecule has 0 unspecified atom stereocenters. The van der Waals surface area contributed by atoms with Gasteiger partial charge < -0.3 is 5.32 Å². The highest BCUT2D eigenvalue weighted by Crippen LogP contribution is 2.24. The molecule has 0 aliphatic heterocycles. The van der Waals surface area contributed by atoms with E-state index in [1.807, 2.05) is 19.1 Å². The van der Waals surface area contributed by atoms with Crippen LogP contribution < -0.4 is 5.32 Å². The number of anilines is 1. The number of hydrogen-bond donors (Lipinski definition) is 1. The third kappa shape index (κ3) is 4.29. The molecular weight excluding hydrogens is 409 g/mol. The zero-order valence-corrected chi connectivity index (χ0v) is 17.3. The van der Waals surface area contributed by atoms with Gasteiger partial charge >= 0.3 is 0 Å². The van der Waals surface area contributed by atoms with Gasteiger partial charge in [-0.3, -0.25) is 14.2 Å². The molecule has 0 atom stereocenters. The molecule has 3 aromatic rings. The van der Waals surface area contributed by atoms with Crippen LogP contribution in [0.4, 0.5) is 5.82 Å². The molecule has 142 valence electrons. The molecule has 0 bridgehead atoms. The van der Waals surface area contributed by atoms with Crippen LogP contribution in [0.1, 0.15) is 25.1 Å². The van der Waals surface area contributed by atoms with Crippen LogP contribution >= 0.6 is 34.8 Å². The maximum absolute atomic E-state index is 12.7. The average molecular weight is 427 g/mol. The van der Waals surface area contributed by atoms with E-state index in [4.69, 9.17) is 34.8 Å². The Hall–Kier alpha value is -2.02. The van der Waals surface area contributed by atoms with E-state index in [2.05, 4.69) is 15.5 Å². The van der Waals surface area contributed by atoms with E-state index in [1.54, 1.807) is 36.9 Å². The molecule has 0 aliphatic rings. The molecule has 0 radical (unpaired) electrons. The fourth-order valence-corrected chi connectivity index (χ4v) is 2.98. The van der Waals surface area contributed by atoms with Gasteiger partial charge in [0, 0.05) is 18.0 Å². The maximum atomic E-state index is 12.7. The minimum Gasteiger partial charge on any atom is -0.307 e. The first kappa shape index (κ1) is 19.7. The van der Waals surface area contributed by atoms with Crippen molar-refractivity contribution in [2.45, 2.75) is 32.9 Å². The standard InChI is InChI=1S/C18H18Cl3N5O/c1-11-6-16(23-17(27)18(2,3)26-10-13(19)8-22-26)24-25(11)9-12-4-5-14(20)15(21)7-12/h4-8,10H,9H2,1-3H3,(H,23,24,27). The number of nitrogens with zero attached hydrogens (tertiary/aromatic N) is 4. The summed E-state index contributed by atoms with van der Waals surface area (Å²) in [7, 11) is 0. The number of nitrogens with one attached hydrogen (secondary N) is 1. The van der Waals surface area contributed by atoms with Gasteiger partial charge in [0.1, 0.15) is 5.54 Å². The van der Waals surface area contributed by atoms with Crippen LogP contribution in [-0.2, 0) is 16.9 Å². The van der Waals surface area contributed by atoms with E-state index in [9.17, 15) is 4.79 Å². The van der Waals surface area contributed by atoms with Gasteiger partial charge in [0.05, 0.1) is 27.8 Å². The van der Waals surface area contributed by atoms with Gasteiger partial charge in [-0.2, -0.15) is 10.2 Å². The monoisotopic (exact) mass is 425 g/mol. The van der Waals surface area contributed by atoms with Crippen LogP contribution in [0.2, 0.25) is 15.1 Å². The molecule has 9 heteroatoms. The lowest BCUT2D eigenvalue weighted by molar-refractivity contribution is -0.123. The van der Waals surface area contributed by atoms with E-state index in [1.165, 1.54) is 10.9 Å². The number of amides is 1. The molecule has 1 amide bonds. The first-order valence-corrected chi connectivity index (χ1v) is 9.30. The van der Waals surface area contributed by atoms with Crippen molar-refractivity contribution in [3.05, 3.63) is 63.0 Å². The molecule has 0 spiro atoms. The Kier molecular flexibility index (Phi) is 5.51. The van der Waals surface area contributed by atoms with Crippen LogP contribution in [0.3, 0.4) is 0 Å². The maximum Gasteiger partial charge on any atom is 0.252 e. The fourth-order valence-electron chi connectivity index (χ4n) is 2.52. The normalized spacial score (nSPS) is 11.6. The number of halogens is 3. The van der Waals surface area contributed by atoms with E-state index >= 15 is 0 Å². The molecule has 0 saturated carbocycles. The summed E-state index contributed by atoms with van der Waals surface area (Å²) < 4.78 is 3.30. The van der Waals surface area contributed by atoms with E-state index in [0.717, 1.165) is 11.3 Å². The summed E-state index contributed by atoms with van der Waals surface area (Å²) in [6, 6.07) is 7.24. The first-order chi connectivity index (χ1) is 12.7. The number of carbonyl (C=O) groups excluding carboxylic acids is 1. The second-order valence-corrected chi connectivity index (χ2v) is 7.94. The van der Waals surface area contributed by atoms with Gasteiger partial charge in [-0.15, -0.1) is 0 Å². The Morgan fingerprint density at radius 1 is 1.19 bits per heavy atom. The zero-order valence-electron chi connectivity index (χ0n) is 15.0. The number of aromatic nitrogens is 4. The van der Waals surface area contributed by atoms with Crippen molar-refractivity contribution in [2.75, 3.05) is 5.32 Å². The smallest absolute Gasteiger partial charge is 0.252 e. The lowest BCUT2D eigenvalue weighted by Gasteiger charge is -2.23. The summed E-state index contributed by atoms with van der Waals surface area (Å²) in [5.74, 6) is 0.213. The van der Waals surface area contributed by atoms with Crippen LogP contribution in [0.25, 0.3) is 0 Å². The number of hydrogen-bond acceptors (Lipinski definition) is 3. The molecular formula is C18H18Cl3N5O. The van der Waals surface area contributed by atoms with Crippen molar-refractivity contribution in [1.29, 1.82) is 0 Å². The predicted molar refractivity (Wildman–Crippen MR) is 108 cm³/mol.